The molecule has 1 aromatic rings. The number of hydrogen-bond acceptors (Lipinski definition) is 3. The van der Waals surface area contributed by atoms with Gasteiger partial charge in [0.05, 0.1) is 12.8 Å². The molecule has 1 aromatic carbocycles. The van der Waals surface area contributed by atoms with Gasteiger partial charge in [-0.25, -0.2) is 0 Å². The SMILES string of the molecule is COc1cc2c(cc1C)/C(=N/O)CCC2. The molecule has 1 N–H and O–H groups in total. The van der Waals surface area contributed by atoms with E-state index in [2.05, 4.69) is 11.2 Å². The van der Waals surface area contributed by atoms with Gasteiger partial charge in [0, 0.05) is 5.56 Å². The molecule has 0 unspecified atom stereocenters. The van der Waals surface area contributed by atoms with Crippen LogP contribution < -0.4 is 4.74 Å². The number of hydrogen-bond donors (Lipinski definition) is 1. The fourth-order valence-corrected chi connectivity index (χ4v) is 2.11. The van der Waals surface area contributed by atoms with E-state index in [1.54, 1.807) is 7.11 Å². The molecule has 0 aromatic heterocycles. The quantitative estimate of drug-likeness (QED) is 0.565. The average molecular weight is 205 g/mol. The number of benzene rings is 1. The Morgan fingerprint density at radius 2 is 2.13 bits per heavy atom. The molecule has 0 fully saturated rings. The fourth-order valence-electron chi connectivity index (χ4n) is 2.11. The Bertz CT molecular complexity index is 410. The molecule has 3 heteroatoms. The molecule has 3 nitrogen and oxygen atoms in total. The van der Waals surface area contributed by atoms with Crippen LogP contribution in [0.5, 0.6) is 5.75 Å². The van der Waals surface area contributed by atoms with E-state index in [9.17, 15) is 0 Å². The molecule has 0 amide bonds. The first-order valence-electron chi connectivity index (χ1n) is 5.15. The van der Waals surface area contributed by atoms with E-state index in [-0.39, 0.29) is 0 Å². The zero-order valence-corrected chi connectivity index (χ0v) is 9.08. The third-order valence-electron chi connectivity index (χ3n) is 2.91. The van der Waals surface area contributed by atoms with Crippen molar-refractivity contribution in [2.75, 3.05) is 7.11 Å². The normalized spacial score (nSPS) is 17.6. The Morgan fingerprint density at radius 3 is 2.80 bits per heavy atom. The van der Waals surface area contributed by atoms with E-state index >= 15 is 0 Å². The predicted molar refractivity (Wildman–Crippen MR) is 59.0 cm³/mol. The van der Waals surface area contributed by atoms with Crippen molar-refractivity contribution < 1.29 is 9.94 Å². The maximum atomic E-state index is 8.91. The lowest BCUT2D eigenvalue weighted by molar-refractivity contribution is 0.317. The highest BCUT2D eigenvalue weighted by Crippen LogP contribution is 2.28. The smallest absolute Gasteiger partial charge is 0.122 e. The Labute approximate surface area is 89.4 Å². The van der Waals surface area contributed by atoms with Crippen LogP contribution in [0, 0.1) is 6.92 Å². The first kappa shape index (κ1) is 10.0. The van der Waals surface area contributed by atoms with Crippen molar-refractivity contribution in [3.8, 4) is 5.75 Å². The molecule has 1 aliphatic rings. The van der Waals surface area contributed by atoms with E-state index in [1.807, 2.05) is 13.0 Å². The lowest BCUT2D eigenvalue weighted by Crippen LogP contribution is -2.12. The number of ether oxygens (including phenoxy) is 1. The first-order chi connectivity index (χ1) is 7.26. The van der Waals surface area contributed by atoms with Crippen molar-refractivity contribution in [2.24, 2.45) is 5.16 Å². The van der Waals surface area contributed by atoms with Crippen LogP contribution in [0.2, 0.25) is 0 Å². The minimum Gasteiger partial charge on any atom is -0.496 e. The third kappa shape index (κ3) is 1.69. The van der Waals surface area contributed by atoms with E-state index in [4.69, 9.17) is 9.94 Å². The molecule has 0 aliphatic heterocycles. The maximum absolute atomic E-state index is 8.91. The number of oxime groups is 1. The number of methoxy groups -OCH3 is 1. The van der Waals surface area contributed by atoms with E-state index in [1.165, 1.54) is 5.56 Å². The van der Waals surface area contributed by atoms with Gasteiger partial charge in [-0.2, -0.15) is 0 Å². The van der Waals surface area contributed by atoms with Crippen LogP contribution in [-0.4, -0.2) is 18.0 Å². The highest BCUT2D eigenvalue weighted by molar-refractivity contribution is 6.02. The van der Waals surface area contributed by atoms with Crippen LogP contribution in [-0.2, 0) is 6.42 Å². The summed E-state index contributed by atoms with van der Waals surface area (Å²) in [4.78, 5) is 0. The standard InChI is InChI=1S/C12H15NO2/c1-8-6-10-9(7-12(8)15-2)4-3-5-11(10)13-14/h6-7,14H,3-5H2,1-2H3/b13-11+. The van der Waals surface area contributed by atoms with Gasteiger partial charge >= 0.3 is 0 Å². The third-order valence-corrected chi connectivity index (χ3v) is 2.91. The fraction of sp³-hybridized carbons (Fsp3) is 0.417. The summed E-state index contributed by atoms with van der Waals surface area (Å²) >= 11 is 0. The number of aryl methyl sites for hydroxylation is 2. The Kier molecular flexibility index (Phi) is 2.62. The number of rotatable bonds is 1. The van der Waals surface area contributed by atoms with E-state index < -0.39 is 0 Å². The molecule has 0 radical (unpaired) electrons. The summed E-state index contributed by atoms with van der Waals surface area (Å²) in [6, 6.07) is 4.09. The summed E-state index contributed by atoms with van der Waals surface area (Å²) in [6.45, 7) is 2.00. The minimum absolute atomic E-state index is 0.794. The summed E-state index contributed by atoms with van der Waals surface area (Å²) in [5.74, 6) is 0.910. The van der Waals surface area contributed by atoms with E-state index in [0.717, 1.165) is 41.9 Å². The summed E-state index contributed by atoms with van der Waals surface area (Å²) in [6.07, 6.45) is 2.93. The molecule has 0 saturated heterocycles. The zero-order valence-electron chi connectivity index (χ0n) is 9.08. The second-order valence-corrected chi connectivity index (χ2v) is 3.88. The average Bonchev–Trinajstić information content (AvgIpc) is 2.27. The van der Waals surface area contributed by atoms with Crippen molar-refractivity contribution in [3.05, 3.63) is 28.8 Å². The van der Waals surface area contributed by atoms with Crippen molar-refractivity contribution in [3.63, 3.8) is 0 Å². The monoisotopic (exact) mass is 205 g/mol. The van der Waals surface area contributed by atoms with Crippen molar-refractivity contribution in [1.29, 1.82) is 0 Å². The molecule has 0 atom stereocenters. The highest BCUT2D eigenvalue weighted by atomic mass is 16.5. The molecule has 0 spiro atoms. The van der Waals surface area contributed by atoms with Gasteiger partial charge in [0.15, 0.2) is 0 Å². The Morgan fingerprint density at radius 1 is 1.33 bits per heavy atom. The molecule has 80 valence electrons. The maximum Gasteiger partial charge on any atom is 0.122 e. The van der Waals surface area contributed by atoms with Crippen molar-refractivity contribution in [1.82, 2.24) is 0 Å². The Hall–Kier alpha value is -1.51. The van der Waals surface area contributed by atoms with Gasteiger partial charge in [-0.15, -0.1) is 0 Å². The van der Waals surface area contributed by atoms with Gasteiger partial charge in [0.25, 0.3) is 0 Å². The van der Waals surface area contributed by atoms with Crippen molar-refractivity contribution >= 4 is 5.71 Å². The largest absolute Gasteiger partial charge is 0.496 e. The molecule has 0 bridgehead atoms. The summed E-state index contributed by atoms with van der Waals surface area (Å²) in [7, 11) is 1.68. The molecular formula is C12H15NO2. The van der Waals surface area contributed by atoms with Crippen LogP contribution in [0.3, 0.4) is 0 Å². The summed E-state index contributed by atoms with van der Waals surface area (Å²) in [5, 5.41) is 12.3. The molecule has 0 saturated carbocycles. The second-order valence-electron chi connectivity index (χ2n) is 3.88. The van der Waals surface area contributed by atoms with Gasteiger partial charge in [-0.1, -0.05) is 5.16 Å². The molecule has 0 heterocycles. The van der Waals surface area contributed by atoms with Gasteiger partial charge in [-0.3, -0.25) is 0 Å². The highest BCUT2D eigenvalue weighted by Gasteiger charge is 2.17. The second kappa shape index (κ2) is 3.93. The Balaban J connectivity index is 2.55. The first-order valence-corrected chi connectivity index (χ1v) is 5.15. The summed E-state index contributed by atoms with van der Waals surface area (Å²) < 4.78 is 5.28. The van der Waals surface area contributed by atoms with Crippen LogP contribution in [0.1, 0.15) is 29.5 Å². The molecule has 15 heavy (non-hydrogen) atoms. The topological polar surface area (TPSA) is 41.8 Å². The molecule has 2 rings (SSSR count). The van der Waals surface area contributed by atoms with Crippen LogP contribution in [0.15, 0.2) is 17.3 Å². The molecular weight excluding hydrogens is 190 g/mol. The van der Waals surface area contributed by atoms with Crippen LogP contribution in [0.4, 0.5) is 0 Å². The number of fused-ring (bicyclic) bond motifs is 1. The predicted octanol–water partition coefficient (Wildman–Crippen LogP) is 2.52. The molecule has 1 aliphatic carbocycles. The summed E-state index contributed by atoms with van der Waals surface area (Å²) in [5.41, 5.74) is 4.17. The van der Waals surface area contributed by atoms with Gasteiger partial charge in [0.2, 0.25) is 0 Å². The van der Waals surface area contributed by atoms with E-state index in [0.29, 0.717) is 0 Å². The lowest BCUT2D eigenvalue weighted by atomic mass is 9.88. The van der Waals surface area contributed by atoms with Crippen LogP contribution >= 0.6 is 0 Å². The van der Waals surface area contributed by atoms with Crippen molar-refractivity contribution in [2.45, 2.75) is 26.2 Å². The van der Waals surface area contributed by atoms with Gasteiger partial charge in [0.1, 0.15) is 5.75 Å². The zero-order chi connectivity index (χ0) is 10.8. The lowest BCUT2D eigenvalue weighted by Gasteiger charge is -2.18. The van der Waals surface area contributed by atoms with Gasteiger partial charge in [-0.05, 0) is 49.4 Å². The van der Waals surface area contributed by atoms with Crippen LogP contribution in [0.25, 0.3) is 0 Å². The number of nitrogens with zero attached hydrogens (tertiary/aromatic N) is 1. The van der Waals surface area contributed by atoms with Gasteiger partial charge < -0.3 is 9.94 Å². The minimum atomic E-state index is 0.794.